The lowest BCUT2D eigenvalue weighted by molar-refractivity contribution is -0.161. The van der Waals surface area contributed by atoms with Crippen LogP contribution in [0.2, 0.25) is 0 Å². The van der Waals surface area contributed by atoms with Gasteiger partial charge in [0.15, 0.2) is 5.92 Å². The summed E-state index contributed by atoms with van der Waals surface area (Å²) in [5, 5.41) is 12.2. The van der Waals surface area contributed by atoms with E-state index in [1.54, 1.807) is 13.8 Å². The Labute approximate surface area is 147 Å². The average Bonchev–Trinajstić information content (AvgIpc) is 2.61. The van der Waals surface area contributed by atoms with Crippen molar-refractivity contribution < 1.29 is 24.2 Å². The number of aromatic hydroxyl groups is 1. The summed E-state index contributed by atoms with van der Waals surface area (Å²) >= 11 is 0. The Morgan fingerprint density at radius 2 is 1.64 bits per heavy atom. The van der Waals surface area contributed by atoms with Gasteiger partial charge in [-0.15, -0.1) is 0 Å². The number of benzene rings is 2. The summed E-state index contributed by atoms with van der Waals surface area (Å²) in [6.07, 6.45) is 1.45. The van der Waals surface area contributed by atoms with Gasteiger partial charge in [0.1, 0.15) is 5.75 Å². The van der Waals surface area contributed by atoms with Crippen LogP contribution >= 0.6 is 0 Å². The molecule has 0 heterocycles. The number of fused-ring (bicyclic) bond motifs is 1. The number of rotatable bonds is 8. The maximum Gasteiger partial charge on any atom is 0.320 e. The fourth-order valence-corrected chi connectivity index (χ4v) is 2.82. The zero-order valence-corrected chi connectivity index (χ0v) is 14.7. The fraction of sp³-hybridized carbons (Fsp3) is 0.400. The molecule has 0 saturated heterocycles. The third-order valence-corrected chi connectivity index (χ3v) is 4.07. The average molecular weight is 344 g/mol. The largest absolute Gasteiger partial charge is 0.507 e. The molecular formula is C20H24O5. The molecule has 5 nitrogen and oxygen atoms in total. The van der Waals surface area contributed by atoms with Crippen molar-refractivity contribution in [2.75, 3.05) is 13.2 Å². The minimum absolute atomic E-state index is 0.222. The van der Waals surface area contributed by atoms with Crippen molar-refractivity contribution >= 4 is 22.7 Å². The summed E-state index contributed by atoms with van der Waals surface area (Å²) in [7, 11) is 0. The standard InChI is InChI=1S/C20H24O5/c1-3-24-19(22)17(20(23)25-4-2)11-7-9-15-13-12-14-8-5-6-10-16(14)18(15)21/h5-6,8,10,12-13,17,21H,3-4,7,9,11H2,1-2H3. The molecule has 134 valence electrons. The normalized spacial score (nSPS) is 10.8. The first-order valence-electron chi connectivity index (χ1n) is 8.61. The van der Waals surface area contributed by atoms with Gasteiger partial charge in [0.25, 0.3) is 0 Å². The Morgan fingerprint density at radius 3 is 2.28 bits per heavy atom. The smallest absolute Gasteiger partial charge is 0.320 e. The summed E-state index contributed by atoms with van der Waals surface area (Å²) in [6, 6.07) is 11.4. The predicted octanol–water partition coefficient (Wildman–Crippen LogP) is 3.61. The van der Waals surface area contributed by atoms with Gasteiger partial charge in [-0.2, -0.15) is 0 Å². The van der Waals surface area contributed by atoms with Gasteiger partial charge in [-0.05, 0) is 44.1 Å². The molecule has 0 aliphatic heterocycles. The summed E-state index contributed by atoms with van der Waals surface area (Å²) in [5.74, 6) is -1.77. The molecule has 5 heteroatoms. The Balaban J connectivity index is 2.05. The van der Waals surface area contributed by atoms with Crippen molar-refractivity contribution in [1.82, 2.24) is 0 Å². The second-order valence-corrected chi connectivity index (χ2v) is 5.74. The van der Waals surface area contributed by atoms with E-state index >= 15 is 0 Å². The third kappa shape index (κ3) is 4.72. The summed E-state index contributed by atoms with van der Waals surface area (Å²) in [6.45, 7) is 3.85. The van der Waals surface area contributed by atoms with E-state index in [0.717, 1.165) is 16.3 Å². The lowest BCUT2D eigenvalue weighted by atomic mass is 9.97. The Morgan fingerprint density at radius 1 is 1.00 bits per heavy atom. The first-order valence-corrected chi connectivity index (χ1v) is 8.61. The van der Waals surface area contributed by atoms with Gasteiger partial charge in [0.2, 0.25) is 0 Å². The van der Waals surface area contributed by atoms with Crippen LogP contribution in [-0.2, 0) is 25.5 Å². The summed E-state index contributed by atoms with van der Waals surface area (Å²) < 4.78 is 9.93. The molecule has 0 spiro atoms. The third-order valence-electron chi connectivity index (χ3n) is 4.07. The maximum absolute atomic E-state index is 12.0. The van der Waals surface area contributed by atoms with E-state index in [1.807, 2.05) is 36.4 Å². The number of carbonyl (C=O) groups is 2. The van der Waals surface area contributed by atoms with Crippen LogP contribution in [0.1, 0.15) is 32.3 Å². The molecule has 0 amide bonds. The zero-order valence-electron chi connectivity index (χ0n) is 14.7. The molecule has 0 saturated carbocycles. The Kier molecular flexibility index (Phi) is 6.81. The van der Waals surface area contributed by atoms with Crippen LogP contribution in [0.25, 0.3) is 10.8 Å². The molecule has 2 rings (SSSR count). The molecule has 0 aliphatic carbocycles. The van der Waals surface area contributed by atoms with Crippen LogP contribution in [0.15, 0.2) is 36.4 Å². The number of aryl methyl sites for hydroxylation is 1. The molecule has 2 aromatic rings. The van der Waals surface area contributed by atoms with Crippen molar-refractivity contribution in [3.05, 3.63) is 42.0 Å². The number of carbonyl (C=O) groups excluding carboxylic acids is 2. The highest BCUT2D eigenvalue weighted by molar-refractivity contribution is 5.94. The molecule has 0 bridgehead atoms. The van der Waals surface area contributed by atoms with E-state index in [1.165, 1.54) is 0 Å². The molecule has 1 N–H and O–H groups in total. The van der Waals surface area contributed by atoms with E-state index in [2.05, 4.69) is 0 Å². The lowest BCUT2D eigenvalue weighted by Gasteiger charge is -2.14. The fourth-order valence-electron chi connectivity index (χ4n) is 2.82. The van der Waals surface area contributed by atoms with Gasteiger partial charge >= 0.3 is 11.9 Å². The number of phenolic OH excluding ortho intramolecular Hbond substituents is 1. The van der Waals surface area contributed by atoms with Crippen molar-refractivity contribution in [2.24, 2.45) is 5.92 Å². The van der Waals surface area contributed by atoms with Crippen LogP contribution in [0.4, 0.5) is 0 Å². The minimum atomic E-state index is -0.914. The van der Waals surface area contributed by atoms with Crippen LogP contribution in [0.5, 0.6) is 5.75 Å². The lowest BCUT2D eigenvalue weighted by Crippen LogP contribution is -2.28. The molecule has 0 aliphatic rings. The minimum Gasteiger partial charge on any atom is -0.507 e. The molecule has 0 unspecified atom stereocenters. The monoisotopic (exact) mass is 344 g/mol. The number of hydrogen-bond acceptors (Lipinski definition) is 5. The van der Waals surface area contributed by atoms with Gasteiger partial charge in [-0.3, -0.25) is 9.59 Å². The highest BCUT2D eigenvalue weighted by Gasteiger charge is 2.29. The van der Waals surface area contributed by atoms with Crippen LogP contribution in [0, 0.1) is 5.92 Å². The highest BCUT2D eigenvalue weighted by atomic mass is 16.6. The molecule has 0 aromatic heterocycles. The van der Waals surface area contributed by atoms with Crippen LogP contribution in [0.3, 0.4) is 0 Å². The molecule has 0 atom stereocenters. The first-order chi connectivity index (χ1) is 12.1. The number of ether oxygens (including phenoxy) is 2. The van der Waals surface area contributed by atoms with Crippen molar-refractivity contribution in [1.29, 1.82) is 0 Å². The SMILES string of the molecule is CCOC(=O)C(CCCc1ccc2ccccc2c1O)C(=O)OCC. The Bertz CT molecular complexity index is 720. The molecular weight excluding hydrogens is 320 g/mol. The maximum atomic E-state index is 12.0. The van der Waals surface area contributed by atoms with E-state index in [0.29, 0.717) is 19.3 Å². The van der Waals surface area contributed by atoms with Gasteiger partial charge in [0, 0.05) is 5.39 Å². The number of esters is 2. The van der Waals surface area contributed by atoms with Gasteiger partial charge < -0.3 is 14.6 Å². The Hall–Kier alpha value is -2.56. The van der Waals surface area contributed by atoms with Crippen molar-refractivity contribution in [3.63, 3.8) is 0 Å². The molecule has 0 radical (unpaired) electrons. The second kappa shape index (κ2) is 9.06. The van der Waals surface area contributed by atoms with E-state index in [-0.39, 0.29) is 19.0 Å². The van der Waals surface area contributed by atoms with Crippen molar-refractivity contribution in [3.8, 4) is 5.75 Å². The quantitative estimate of drug-likeness (QED) is 0.585. The van der Waals surface area contributed by atoms with Gasteiger partial charge in [-0.1, -0.05) is 36.4 Å². The topological polar surface area (TPSA) is 72.8 Å². The van der Waals surface area contributed by atoms with E-state index in [4.69, 9.17) is 9.47 Å². The van der Waals surface area contributed by atoms with Gasteiger partial charge in [-0.25, -0.2) is 0 Å². The van der Waals surface area contributed by atoms with Crippen molar-refractivity contribution in [2.45, 2.75) is 33.1 Å². The van der Waals surface area contributed by atoms with E-state index < -0.39 is 17.9 Å². The molecule has 25 heavy (non-hydrogen) atoms. The second-order valence-electron chi connectivity index (χ2n) is 5.74. The predicted molar refractivity (Wildman–Crippen MR) is 95.3 cm³/mol. The van der Waals surface area contributed by atoms with Crippen LogP contribution < -0.4 is 0 Å². The number of phenols is 1. The molecule has 2 aromatic carbocycles. The molecule has 0 fully saturated rings. The summed E-state index contributed by atoms with van der Waals surface area (Å²) in [5.41, 5.74) is 0.796. The highest BCUT2D eigenvalue weighted by Crippen LogP contribution is 2.30. The van der Waals surface area contributed by atoms with E-state index in [9.17, 15) is 14.7 Å². The summed E-state index contributed by atoms with van der Waals surface area (Å²) in [4.78, 5) is 23.9. The van der Waals surface area contributed by atoms with Gasteiger partial charge in [0.05, 0.1) is 13.2 Å². The number of hydrogen-bond donors (Lipinski definition) is 1. The first kappa shape index (κ1) is 18.8. The van der Waals surface area contributed by atoms with Crippen LogP contribution in [-0.4, -0.2) is 30.3 Å². The zero-order chi connectivity index (χ0) is 18.2.